The molecule has 0 unspecified atom stereocenters. The molecule has 5 heteroatoms. The number of aromatic nitrogens is 2. The van der Waals surface area contributed by atoms with E-state index in [2.05, 4.69) is 21.4 Å². The van der Waals surface area contributed by atoms with Crippen molar-refractivity contribution in [3.63, 3.8) is 0 Å². The van der Waals surface area contributed by atoms with Crippen LogP contribution in [0.15, 0.2) is 67.0 Å². The van der Waals surface area contributed by atoms with Gasteiger partial charge in [-0.2, -0.15) is 0 Å². The van der Waals surface area contributed by atoms with Gasteiger partial charge in [-0.15, -0.1) is 0 Å². The fourth-order valence-corrected chi connectivity index (χ4v) is 3.62. The summed E-state index contributed by atoms with van der Waals surface area (Å²) in [4.78, 5) is 7.62. The molecule has 2 aromatic heterocycles. The predicted octanol–water partition coefficient (Wildman–Crippen LogP) is 4.58. The molecule has 4 aromatic rings. The van der Waals surface area contributed by atoms with E-state index in [0.717, 1.165) is 39.2 Å². The number of nitrogens with one attached hydrogen (secondary N) is 2. The molecule has 29 heavy (non-hydrogen) atoms. The Morgan fingerprint density at radius 2 is 1.93 bits per heavy atom. The van der Waals surface area contributed by atoms with Crippen molar-refractivity contribution in [1.29, 1.82) is 0 Å². The molecule has 0 amide bonds. The van der Waals surface area contributed by atoms with Gasteiger partial charge >= 0.3 is 0 Å². The van der Waals surface area contributed by atoms with Crippen molar-refractivity contribution in [2.45, 2.75) is 19.9 Å². The van der Waals surface area contributed by atoms with Gasteiger partial charge in [-0.25, -0.2) is 4.98 Å². The lowest BCUT2D eigenvalue weighted by Gasteiger charge is -2.19. The van der Waals surface area contributed by atoms with Crippen LogP contribution in [0, 0.1) is 13.8 Å². The van der Waals surface area contributed by atoms with Crippen LogP contribution in [-0.4, -0.2) is 17.2 Å². The number of hydrogen-bond donors (Lipinski definition) is 2. The van der Waals surface area contributed by atoms with Crippen molar-refractivity contribution in [1.82, 2.24) is 4.98 Å². The first-order chi connectivity index (χ1) is 14.1. The molecule has 0 aliphatic heterocycles. The van der Waals surface area contributed by atoms with E-state index < -0.39 is 0 Å². The topological polar surface area (TPSA) is 68.5 Å². The van der Waals surface area contributed by atoms with E-state index in [4.69, 9.17) is 4.74 Å². The second kappa shape index (κ2) is 7.80. The molecule has 0 aliphatic carbocycles. The Morgan fingerprint density at radius 3 is 2.69 bits per heavy atom. The lowest BCUT2D eigenvalue weighted by atomic mass is 9.95. The second-order valence-corrected chi connectivity index (χ2v) is 7.16. The molecular weight excluding hydrogens is 362 g/mol. The van der Waals surface area contributed by atoms with Crippen molar-refractivity contribution in [2.75, 3.05) is 12.4 Å². The summed E-state index contributed by atoms with van der Waals surface area (Å²) in [5.41, 5.74) is 4.54. The Bertz CT molecular complexity index is 1170. The van der Waals surface area contributed by atoms with Gasteiger partial charge in [0.1, 0.15) is 23.1 Å². The van der Waals surface area contributed by atoms with Crippen LogP contribution in [0.4, 0.5) is 5.82 Å². The van der Waals surface area contributed by atoms with Gasteiger partial charge in [-0.1, -0.05) is 18.2 Å². The number of pyridine rings is 2. The molecule has 146 valence electrons. The number of aromatic hydroxyl groups is 1. The van der Waals surface area contributed by atoms with E-state index in [1.54, 1.807) is 13.3 Å². The molecule has 2 aromatic carbocycles. The molecule has 0 saturated carbocycles. The predicted molar refractivity (Wildman–Crippen MR) is 114 cm³/mol. The number of phenols is 1. The third kappa shape index (κ3) is 3.72. The third-order valence-corrected chi connectivity index (χ3v) is 5.10. The Morgan fingerprint density at radius 1 is 1.07 bits per heavy atom. The maximum absolute atomic E-state index is 11.0. The Hall–Kier alpha value is -3.60. The van der Waals surface area contributed by atoms with Crippen LogP contribution < -0.4 is 15.0 Å². The summed E-state index contributed by atoms with van der Waals surface area (Å²) in [6.07, 6.45) is 3.59. The van der Waals surface area contributed by atoms with E-state index in [0.29, 0.717) is 5.52 Å². The average Bonchev–Trinajstić information content (AvgIpc) is 2.73. The number of aryl methyl sites for hydroxylation is 2. The summed E-state index contributed by atoms with van der Waals surface area (Å²) in [5.74, 6) is 1.88. The molecule has 0 fully saturated rings. The first-order valence-electron chi connectivity index (χ1n) is 9.53. The smallest absolute Gasteiger partial charge is 0.273 e. The van der Waals surface area contributed by atoms with E-state index in [1.807, 2.05) is 68.6 Å². The number of rotatable bonds is 5. The molecule has 0 bridgehead atoms. The monoisotopic (exact) mass is 386 g/mol. The quantitative estimate of drug-likeness (QED) is 0.527. The number of aromatic amines is 1. The van der Waals surface area contributed by atoms with Crippen LogP contribution in [0.5, 0.6) is 11.5 Å². The van der Waals surface area contributed by atoms with E-state index in [-0.39, 0.29) is 11.8 Å². The van der Waals surface area contributed by atoms with E-state index in [1.165, 1.54) is 0 Å². The Labute approximate surface area is 170 Å². The van der Waals surface area contributed by atoms with Gasteiger partial charge in [0, 0.05) is 28.8 Å². The molecule has 5 nitrogen and oxygen atoms in total. The number of H-pyrrole nitrogens is 1. The van der Waals surface area contributed by atoms with E-state index in [9.17, 15) is 5.11 Å². The number of benzene rings is 2. The van der Waals surface area contributed by atoms with Gasteiger partial charge in [-0.05, 0) is 55.3 Å². The van der Waals surface area contributed by atoms with E-state index >= 15 is 0 Å². The van der Waals surface area contributed by atoms with Crippen LogP contribution in [0.25, 0.3) is 10.9 Å². The molecular formula is C24H24N3O2+. The van der Waals surface area contributed by atoms with Gasteiger partial charge < -0.3 is 9.84 Å². The molecule has 4 rings (SSSR count). The van der Waals surface area contributed by atoms with Crippen LogP contribution in [0.2, 0.25) is 0 Å². The van der Waals surface area contributed by atoms with Crippen molar-refractivity contribution >= 4 is 16.7 Å². The number of nitrogens with zero attached hydrogens (tertiary/aromatic N) is 1. The Kier molecular flexibility index (Phi) is 5.04. The molecule has 2 heterocycles. The highest BCUT2D eigenvalue weighted by atomic mass is 16.5. The van der Waals surface area contributed by atoms with Crippen molar-refractivity contribution < 1.29 is 14.8 Å². The summed E-state index contributed by atoms with van der Waals surface area (Å²) in [6, 6.07) is 17.6. The normalized spacial score (nSPS) is 12.0. The number of methoxy groups -OCH3 is 1. The molecule has 1 atom stereocenters. The minimum absolute atomic E-state index is 0.182. The fraction of sp³-hybridized carbons (Fsp3) is 0.167. The summed E-state index contributed by atoms with van der Waals surface area (Å²) < 4.78 is 5.41. The van der Waals surface area contributed by atoms with Crippen molar-refractivity contribution in [3.05, 3.63) is 89.2 Å². The van der Waals surface area contributed by atoms with Gasteiger partial charge in [0.05, 0.1) is 13.3 Å². The maximum atomic E-state index is 11.0. The fourth-order valence-electron chi connectivity index (χ4n) is 3.62. The summed E-state index contributed by atoms with van der Waals surface area (Å²) >= 11 is 0. The molecule has 0 saturated heterocycles. The number of ether oxygens (including phenoxy) is 1. The van der Waals surface area contributed by atoms with Gasteiger partial charge in [0.15, 0.2) is 0 Å². The minimum Gasteiger partial charge on any atom is -0.505 e. The summed E-state index contributed by atoms with van der Waals surface area (Å²) in [6.45, 7) is 4.06. The standard InChI is InChI=1S/C24H23N3O2/c1-15-10-12-25-21(13-15)27-22(18-7-9-20(29-3)16(2)14-18)19-8-6-17-5-4-11-26-23(17)24(19)28/h4-14,22,28H,1-3H3,(H,25,27)/p+1/t22-/m1/s1. The van der Waals surface area contributed by atoms with Gasteiger partial charge in [0.25, 0.3) is 5.82 Å². The zero-order valence-corrected chi connectivity index (χ0v) is 16.7. The number of fused-ring (bicyclic) bond motifs is 1. The molecule has 0 aliphatic rings. The third-order valence-electron chi connectivity index (χ3n) is 5.10. The highest BCUT2D eigenvalue weighted by molar-refractivity contribution is 5.86. The highest BCUT2D eigenvalue weighted by Crippen LogP contribution is 2.37. The van der Waals surface area contributed by atoms with Gasteiger partial charge in [0.2, 0.25) is 0 Å². The molecule has 0 spiro atoms. The Balaban J connectivity index is 1.86. The minimum atomic E-state index is -0.274. The summed E-state index contributed by atoms with van der Waals surface area (Å²) in [7, 11) is 1.67. The molecule has 3 N–H and O–H groups in total. The average molecular weight is 386 g/mol. The molecule has 0 radical (unpaired) electrons. The number of anilines is 1. The lowest BCUT2D eigenvalue weighted by molar-refractivity contribution is -0.361. The zero-order valence-electron chi connectivity index (χ0n) is 16.7. The van der Waals surface area contributed by atoms with Gasteiger partial charge in [-0.3, -0.25) is 10.3 Å². The number of hydrogen-bond acceptors (Lipinski definition) is 4. The largest absolute Gasteiger partial charge is 0.505 e. The summed E-state index contributed by atoms with van der Waals surface area (Å²) in [5, 5.41) is 15.5. The first kappa shape index (κ1) is 18.7. The first-order valence-corrected chi connectivity index (χ1v) is 9.53. The lowest BCUT2D eigenvalue weighted by Crippen LogP contribution is -2.19. The van der Waals surface area contributed by atoms with Crippen LogP contribution >= 0.6 is 0 Å². The number of phenolic OH excluding ortho intramolecular Hbond substituents is 1. The van der Waals surface area contributed by atoms with Crippen LogP contribution in [0.1, 0.15) is 28.3 Å². The zero-order chi connectivity index (χ0) is 20.4. The maximum Gasteiger partial charge on any atom is 0.273 e. The highest BCUT2D eigenvalue weighted by Gasteiger charge is 2.25. The van der Waals surface area contributed by atoms with Crippen LogP contribution in [0.3, 0.4) is 0 Å². The van der Waals surface area contributed by atoms with Crippen molar-refractivity contribution in [2.24, 2.45) is 0 Å². The second-order valence-electron chi connectivity index (χ2n) is 7.16. The van der Waals surface area contributed by atoms with Crippen LogP contribution in [-0.2, 0) is 0 Å². The van der Waals surface area contributed by atoms with Crippen molar-refractivity contribution in [3.8, 4) is 11.5 Å². The SMILES string of the molecule is COc1ccc([C@@H](Nc2cc(C)cc[nH+]2)c2ccc3cccnc3c2O)cc1C.